The topological polar surface area (TPSA) is 219 Å². The molecule has 4 rings (SSSR count). The van der Waals surface area contributed by atoms with Crippen LogP contribution in [-0.2, 0) is 38.4 Å². The molecule has 2 heterocycles. The van der Waals surface area contributed by atoms with Crippen LogP contribution in [0.2, 0.25) is 0 Å². The first-order valence-corrected chi connectivity index (χ1v) is 19.0. The number of amides is 4. The van der Waals surface area contributed by atoms with E-state index >= 15 is 0 Å². The number of aliphatic hydroxyl groups excluding tert-OH is 1. The van der Waals surface area contributed by atoms with Gasteiger partial charge in [0.2, 0.25) is 17.7 Å². The Balaban J connectivity index is 1.80. The Labute approximate surface area is 318 Å². The number of aliphatic hydroxyl groups is 1. The Bertz CT molecular complexity index is 1600. The number of aromatic nitrogens is 3. The molecule has 5 atom stereocenters. The van der Waals surface area contributed by atoms with Crippen LogP contribution in [0.1, 0.15) is 82.5 Å². The van der Waals surface area contributed by atoms with E-state index in [1.165, 1.54) is 11.2 Å². The summed E-state index contributed by atoms with van der Waals surface area (Å²) < 4.78 is 6.02. The third-order valence-electron chi connectivity index (χ3n) is 9.80. The molecule has 2 aromatic heterocycles. The van der Waals surface area contributed by atoms with Crippen molar-refractivity contribution in [2.24, 2.45) is 23.3 Å². The zero-order chi connectivity index (χ0) is 39.1. The SMILES string of the molecule is CC(C)(C)OC(=O)N([C@@H](Cc1ccccc1)C(=O)N[C@@H](Cc1cnc[nH]1)C(N)=O)[C@@H](CC1CCCCC1)[C@@H](O)C[C@@H](Cc1cccnc1)C(=O)NCCN. The maximum Gasteiger partial charge on any atom is 0.411 e. The fourth-order valence-corrected chi connectivity index (χ4v) is 7.17. The van der Waals surface area contributed by atoms with Gasteiger partial charge in [-0.25, -0.2) is 9.78 Å². The predicted molar refractivity (Wildman–Crippen MR) is 205 cm³/mol. The van der Waals surface area contributed by atoms with Gasteiger partial charge in [0, 0.05) is 56.1 Å². The molecule has 1 aliphatic rings. The molecule has 8 N–H and O–H groups in total. The van der Waals surface area contributed by atoms with Crippen LogP contribution in [-0.4, -0.2) is 91.7 Å². The molecule has 0 saturated heterocycles. The average Bonchev–Trinajstić information content (AvgIpc) is 3.66. The van der Waals surface area contributed by atoms with Gasteiger partial charge in [0.25, 0.3) is 0 Å². The fraction of sp³-hybridized carbons (Fsp3) is 0.550. The summed E-state index contributed by atoms with van der Waals surface area (Å²) in [6, 6.07) is 9.57. The highest BCUT2D eigenvalue weighted by Gasteiger charge is 2.43. The minimum Gasteiger partial charge on any atom is -0.444 e. The number of ether oxygens (including phenoxy) is 1. The Morgan fingerprint density at radius 2 is 1.69 bits per heavy atom. The fourth-order valence-electron chi connectivity index (χ4n) is 7.17. The number of benzene rings is 1. The molecule has 1 aliphatic carbocycles. The lowest BCUT2D eigenvalue weighted by atomic mass is 9.81. The highest BCUT2D eigenvalue weighted by Crippen LogP contribution is 2.33. The molecule has 0 radical (unpaired) electrons. The first kappa shape index (κ1) is 41.9. The molecule has 3 aromatic rings. The van der Waals surface area contributed by atoms with E-state index in [4.69, 9.17) is 16.2 Å². The van der Waals surface area contributed by atoms with Crippen LogP contribution in [0.5, 0.6) is 0 Å². The summed E-state index contributed by atoms with van der Waals surface area (Å²) in [5.74, 6) is -2.25. The van der Waals surface area contributed by atoms with E-state index in [-0.39, 0.29) is 50.6 Å². The zero-order valence-electron chi connectivity index (χ0n) is 31.8. The van der Waals surface area contributed by atoms with Gasteiger partial charge in [0.05, 0.1) is 18.5 Å². The van der Waals surface area contributed by atoms with Crippen LogP contribution < -0.4 is 22.1 Å². The van der Waals surface area contributed by atoms with Gasteiger partial charge in [-0.2, -0.15) is 0 Å². The van der Waals surface area contributed by atoms with Crippen molar-refractivity contribution < 1.29 is 29.0 Å². The number of nitrogens with one attached hydrogen (secondary N) is 3. The quantitative estimate of drug-likeness (QED) is 0.106. The summed E-state index contributed by atoms with van der Waals surface area (Å²) in [7, 11) is 0. The summed E-state index contributed by atoms with van der Waals surface area (Å²) in [4.78, 5) is 68.1. The minimum atomic E-state index is -1.26. The van der Waals surface area contributed by atoms with Crippen LogP contribution in [0.3, 0.4) is 0 Å². The van der Waals surface area contributed by atoms with Crippen molar-refractivity contribution in [3.05, 3.63) is 84.2 Å². The molecule has 0 unspecified atom stereocenters. The molecular formula is C40H58N8O6. The molecule has 14 heteroatoms. The summed E-state index contributed by atoms with van der Waals surface area (Å²) in [6.07, 6.45) is 9.91. The van der Waals surface area contributed by atoms with Crippen molar-refractivity contribution in [1.29, 1.82) is 0 Å². The van der Waals surface area contributed by atoms with E-state index < -0.39 is 53.7 Å². The molecule has 4 amide bonds. The first-order valence-electron chi connectivity index (χ1n) is 19.0. The van der Waals surface area contributed by atoms with Gasteiger partial charge in [-0.3, -0.25) is 24.3 Å². The Morgan fingerprint density at radius 3 is 2.30 bits per heavy atom. The number of nitrogens with two attached hydrogens (primary N) is 2. The largest absolute Gasteiger partial charge is 0.444 e. The van der Waals surface area contributed by atoms with Gasteiger partial charge >= 0.3 is 6.09 Å². The Hall–Kier alpha value is -4.82. The molecule has 1 aromatic carbocycles. The second-order valence-corrected chi connectivity index (χ2v) is 15.3. The van der Waals surface area contributed by atoms with Crippen molar-refractivity contribution in [3.63, 3.8) is 0 Å². The molecule has 1 saturated carbocycles. The average molecular weight is 747 g/mol. The number of hydrogen-bond acceptors (Lipinski definition) is 9. The number of hydrogen-bond donors (Lipinski definition) is 6. The Kier molecular flexibility index (Phi) is 16.0. The highest BCUT2D eigenvalue weighted by atomic mass is 16.6. The summed E-state index contributed by atoms with van der Waals surface area (Å²) in [6.45, 7) is 5.71. The predicted octanol–water partition coefficient (Wildman–Crippen LogP) is 3.19. The van der Waals surface area contributed by atoms with Crippen molar-refractivity contribution in [2.45, 2.75) is 115 Å². The molecule has 54 heavy (non-hydrogen) atoms. The highest BCUT2D eigenvalue weighted by molar-refractivity contribution is 5.91. The third kappa shape index (κ3) is 13.2. The third-order valence-corrected chi connectivity index (χ3v) is 9.80. The second kappa shape index (κ2) is 20.6. The van der Waals surface area contributed by atoms with Crippen LogP contribution in [0.25, 0.3) is 0 Å². The van der Waals surface area contributed by atoms with Gasteiger partial charge in [-0.05, 0) is 63.1 Å². The smallest absolute Gasteiger partial charge is 0.411 e. The molecule has 0 bridgehead atoms. The summed E-state index contributed by atoms with van der Waals surface area (Å²) in [5.41, 5.74) is 12.7. The molecule has 0 spiro atoms. The maximum atomic E-state index is 14.7. The van der Waals surface area contributed by atoms with Gasteiger partial charge in [-0.1, -0.05) is 68.5 Å². The van der Waals surface area contributed by atoms with Crippen LogP contribution in [0, 0.1) is 11.8 Å². The maximum absolute atomic E-state index is 14.7. The van der Waals surface area contributed by atoms with Crippen LogP contribution in [0.4, 0.5) is 4.79 Å². The normalized spacial score (nSPS) is 16.3. The van der Waals surface area contributed by atoms with E-state index in [2.05, 4.69) is 25.6 Å². The lowest BCUT2D eigenvalue weighted by Crippen LogP contribution is -2.61. The van der Waals surface area contributed by atoms with Crippen LogP contribution in [0.15, 0.2) is 67.4 Å². The second-order valence-electron chi connectivity index (χ2n) is 15.3. The molecule has 14 nitrogen and oxygen atoms in total. The van der Waals surface area contributed by atoms with E-state index in [9.17, 15) is 24.3 Å². The number of H-pyrrole nitrogens is 1. The zero-order valence-corrected chi connectivity index (χ0v) is 31.8. The van der Waals surface area contributed by atoms with Gasteiger partial charge in [0.1, 0.15) is 17.7 Å². The minimum absolute atomic E-state index is 0.0224. The summed E-state index contributed by atoms with van der Waals surface area (Å²) >= 11 is 0. The lowest BCUT2D eigenvalue weighted by molar-refractivity contribution is -0.133. The van der Waals surface area contributed by atoms with E-state index in [1.807, 2.05) is 36.4 Å². The first-order chi connectivity index (χ1) is 25.8. The Morgan fingerprint density at radius 1 is 0.963 bits per heavy atom. The number of rotatable bonds is 19. The van der Waals surface area contributed by atoms with Gasteiger partial charge in [0.15, 0.2) is 0 Å². The summed E-state index contributed by atoms with van der Waals surface area (Å²) in [5, 5.41) is 18.1. The van der Waals surface area contributed by atoms with Crippen molar-refractivity contribution in [2.75, 3.05) is 13.1 Å². The molecule has 294 valence electrons. The number of primary amides is 1. The lowest BCUT2D eigenvalue weighted by Gasteiger charge is -2.42. The number of carbonyl (C=O) groups is 4. The molecular weight excluding hydrogens is 688 g/mol. The standard InChI is InChI=1S/C40H58N8O6/c1-40(2,3)54-39(53)48(34(21-28-13-8-5-9-14-28)38(52)47-32(36(42)50)23-31-25-44-26-46-31)33(20-27-11-6-4-7-12-27)35(49)22-30(37(51)45-18-16-41)19-29-15-10-17-43-24-29/h5,8-10,13-15,17,24-27,30,32-35,49H,4,6-7,11-12,16,18-23,41H2,1-3H3,(H2,42,50)(H,44,46)(H,45,51)(H,47,52)/t30-,32+,33+,34+,35+/m1/s1. The number of pyridine rings is 1. The van der Waals surface area contributed by atoms with E-state index in [1.54, 1.807) is 45.4 Å². The van der Waals surface area contributed by atoms with Crippen molar-refractivity contribution in [1.82, 2.24) is 30.5 Å². The number of nitrogens with zero attached hydrogens (tertiary/aromatic N) is 3. The van der Waals surface area contributed by atoms with Gasteiger partial charge in [-0.15, -0.1) is 0 Å². The number of imidazole rings is 1. The van der Waals surface area contributed by atoms with Crippen molar-refractivity contribution in [3.8, 4) is 0 Å². The van der Waals surface area contributed by atoms with Crippen molar-refractivity contribution >= 4 is 23.8 Å². The molecule has 0 aliphatic heterocycles. The van der Waals surface area contributed by atoms with E-state index in [0.29, 0.717) is 12.1 Å². The number of carbonyl (C=O) groups excluding carboxylic acids is 4. The molecule has 1 fully saturated rings. The van der Waals surface area contributed by atoms with Gasteiger partial charge < -0.3 is 36.9 Å². The number of aromatic amines is 1. The monoisotopic (exact) mass is 746 g/mol. The van der Waals surface area contributed by atoms with Crippen LogP contribution >= 0.6 is 0 Å². The van der Waals surface area contributed by atoms with E-state index in [0.717, 1.165) is 43.2 Å².